The third kappa shape index (κ3) is 3.25. The molecule has 1 unspecified atom stereocenters. The van der Waals surface area contributed by atoms with Crippen LogP contribution in [0, 0.1) is 15.2 Å². The third-order valence-electron chi connectivity index (χ3n) is 2.70. The Labute approximate surface area is 126 Å². The second kappa shape index (κ2) is 5.74. The fraction of sp³-hybridized carbons (Fsp3) is 0.333. The van der Waals surface area contributed by atoms with Crippen LogP contribution in [-0.4, -0.2) is 22.8 Å². The maximum absolute atomic E-state index is 13.3. The van der Waals surface area contributed by atoms with Gasteiger partial charge in [-0.1, -0.05) is 11.8 Å². The average Bonchev–Trinajstić information content (AvgIpc) is 2.63. The normalized spacial score (nSPS) is 19.1. The second-order valence-electron chi connectivity index (χ2n) is 4.16. The summed E-state index contributed by atoms with van der Waals surface area (Å²) < 4.78 is 26.8. The zero-order chi connectivity index (χ0) is 14.2. The van der Waals surface area contributed by atoms with Crippen LogP contribution in [0.25, 0.3) is 0 Å². The highest BCUT2D eigenvalue weighted by molar-refractivity contribution is 14.1. The number of amides is 1. The van der Waals surface area contributed by atoms with Crippen LogP contribution in [0.15, 0.2) is 12.1 Å². The fourth-order valence-corrected chi connectivity index (χ4v) is 3.58. The first kappa shape index (κ1) is 14.7. The fourth-order valence-electron chi connectivity index (χ4n) is 1.94. The van der Waals surface area contributed by atoms with Crippen LogP contribution in [-0.2, 0) is 9.59 Å². The van der Waals surface area contributed by atoms with Gasteiger partial charge < -0.3 is 4.90 Å². The van der Waals surface area contributed by atoms with Gasteiger partial charge in [-0.25, -0.2) is 8.78 Å². The minimum atomic E-state index is -0.981. The summed E-state index contributed by atoms with van der Waals surface area (Å²) in [6, 6.07) is 2.08. The Morgan fingerprint density at radius 1 is 1.42 bits per heavy atom. The van der Waals surface area contributed by atoms with Crippen LogP contribution < -0.4 is 4.90 Å². The number of anilines is 1. The smallest absolute Gasteiger partial charge is 0.228 e. The van der Waals surface area contributed by atoms with Gasteiger partial charge in [-0.3, -0.25) is 9.59 Å². The Kier molecular flexibility index (Phi) is 4.44. The molecule has 1 aliphatic heterocycles. The number of rotatable bonds is 2. The summed E-state index contributed by atoms with van der Waals surface area (Å²) in [5.74, 6) is -2.09. The van der Waals surface area contributed by atoms with E-state index < -0.39 is 11.6 Å². The van der Waals surface area contributed by atoms with Crippen molar-refractivity contribution in [3.05, 3.63) is 27.3 Å². The van der Waals surface area contributed by atoms with E-state index in [1.807, 2.05) is 22.6 Å². The third-order valence-corrected chi connectivity index (χ3v) is 4.55. The van der Waals surface area contributed by atoms with E-state index in [0.29, 0.717) is 15.8 Å². The van der Waals surface area contributed by atoms with Gasteiger partial charge in [0.15, 0.2) is 16.7 Å². The summed E-state index contributed by atoms with van der Waals surface area (Å²) in [5, 5.41) is -0.187. The number of carbonyl (C=O) groups is 2. The number of benzene rings is 1. The van der Waals surface area contributed by atoms with E-state index in [4.69, 9.17) is 0 Å². The van der Waals surface area contributed by atoms with Crippen LogP contribution in [0.2, 0.25) is 0 Å². The van der Waals surface area contributed by atoms with Crippen molar-refractivity contribution < 1.29 is 18.4 Å². The number of nitrogens with zero attached hydrogens (tertiary/aromatic N) is 1. The van der Waals surface area contributed by atoms with Crippen molar-refractivity contribution in [1.29, 1.82) is 0 Å². The molecule has 3 nitrogen and oxygen atoms in total. The van der Waals surface area contributed by atoms with Crippen LogP contribution in [0.4, 0.5) is 14.5 Å². The summed E-state index contributed by atoms with van der Waals surface area (Å²) in [6.45, 7) is 1.78. The lowest BCUT2D eigenvalue weighted by molar-refractivity contribution is -0.117. The first-order chi connectivity index (χ1) is 8.88. The van der Waals surface area contributed by atoms with Crippen LogP contribution >= 0.6 is 34.4 Å². The lowest BCUT2D eigenvalue weighted by Gasteiger charge is -2.18. The van der Waals surface area contributed by atoms with E-state index in [0.717, 1.165) is 23.9 Å². The van der Waals surface area contributed by atoms with Crippen molar-refractivity contribution in [2.24, 2.45) is 0 Å². The van der Waals surface area contributed by atoms with Crippen LogP contribution in [0.5, 0.6) is 0 Å². The molecule has 0 radical (unpaired) electrons. The maximum Gasteiger partial charge on any atom is 0.228 e. The Bertz CT molecular complexity index is 553. The Hall–Kier alpha value is -0.700. The zero-order valence-corrected chi connectivity index (χ0v) is 12.9. The lowest BCUT2D eigenvalue weighted by Crippen LogP contribution is -2.26. The highest BCUT2D eigenvalue weighted by Crippen LogP contribution is 2.32. The monoisotopic (exact) mass is 397 g/mol. The van der Waals surface area contributed by atoms with Crippen LogP contribution in [0.3, 0.4) is 0 Å². The van der Waals surface area contributed by atoms with Gasteiger partial charge in [0.1, 0.15) is 0 Å². The lowest BCUT2D eigenvalue weighted by atomic mass is 10.3. The molecule has 1 aliphatic rings. The molecule has 1 aromatic rings. The molecule has 7 heteroatoms. The molecule has 0 spiro atoms. The van der Waals surface area contributed by atoms with Gasteiger partial charge in [-0.2, -0.15) is 0 Å². The molecule has 0 bridgehead atoms. The van der Waals surface area contributed by atoms with E-state index in [-0.39, 0.29) is 22.7 Å². The predicted octanol–water partition coefficient (Wildman–Crippen LogP) is 2.95. The molecule has 1 saturated heterocycles. The number of hydrogen-bond acceptors (Lipinski definition) is 3. The molecule has 1 amide bonds. The van der Waals surface area contributed by atoms with E-state index in [1.165, 1.54) is 11.8 Å². The second-order valence-corrected chi connectivity index (χ2v) is 6.80. The summed E-state index contributed by atoms with van der Waals surface area (Å²) in [6.07, 6.45) is 0.235. The maximum atomic E-state index is 13.3. The SMILES string of the molecule is CC(=O)SC1CC(=O)N(c2cc(F)c(F)cc2I)C1. The standard InChI is InChI=1S/C12H10F2INO2S/c1-6(17)19-7-2-12(18)16(5-7)11-4-9(14)8(13)3-10(11)15/h3-4,7H,2,5H2,1H3. The Morgan fingerprint density at radius 2 is 2.05 bits per heavy atom. The molecule has 1 fully saturated rings. The van der Waals surface area contributed by atoms with Crippen molar-refractivity contribution >= 4 is 51.1 Å². The van der Waals surface area contributed by atoms with Gasteiger partial charge in [-0.05, 0) is 28.7 Å². The molecule has 19 heavy (non-hydrogen) atoms. The topological polar surface area (TPSA) is 37.4 Å². The summed E-state index contributed by atoms with van der Waals surface area (Å²) in [5.41, 5.74) is 0.358. The average molecular weight is 397 g/mol. The molecule has 2 rings (SSSR count). The Morgan fingerprint density at radius 3 is 2.68 bits per heavy atom. The molecule has 1 aromatic carbocycles. The highest BCUT2D eigenvalue weighted by atomic mass is 127. The molecule has 102 valence electrons. The van der Waals surface area contributed by atoms with Crippen LogP contribution in [0.1, 0.15) is 13.3 Å². The number of carbonyl (C=O) groups excluding carboxylic acids is 2. The molecule has 0 aliphatic carbocycles. The quantitative estimate of drug-likeness (QED) is 0.569. The first-order valence-electron chi connectivity index (χ1n) is 5.50. The minimum Gasteiger partial charge on any atom is -0.310 e. The van der Waals surface area contributed by atoms with Crippen molar-refractivity contribution in [2.45, 2.75) is 18.6 Å². The van der Waals surface area contributed by atoms with Gasteiger partial charge in [0, 0.05) is 34.8 Å². The number of thioether (sulfide) groups is 1. The Balaban J connectivity index is 2.25. The van der Waals surface area contributed by atoms with Crippen molar-refractivity contribution in [3.8, 4) is 0 Å². The summed E-state index contributed by atoms with van der Waals surface area (Å²) in [4.78, 5) is 24.3. The predicted molar refractivity (Wildman–Crippen MR) is 78.1 cm³/mol. The van der Waals surface area contributed by atoms with E-state index >= 15 is 0 Å². The molecule has 0 saturated carbocycles. The summed E-state index contributed by atoms with van der Waals surface area (Å²) >= 11 is 2.97. The molecule has 1 heterocycles. The highest BCUT2D eigenvalue weighted by Gasteiger charge is 2.33. The van der Waals surface area contributed by atoms with Gasteiger partial charge >= 0.3 is 0 Å². The molecular formula is C12H10F2INO2S. The largest absolute Gasteiger partial charge is 0.310 e. The zero-order valence-electron chi connectivity index (χ0n) is 9.95. The minimum absolute atomic E-state index is 0.0559. The molecule has 0 aromatic heterocycles. The number of hydrogen-bond donors (Lipinski definition) is 0. The van der Waals surface area contributed by atoms with Gasteiger partial charge in [0.25, 0.3) is 0 Å². The molecule has 1 atom stereocenters. The summed E-state index contributed by atoms with van der Waals surface area (Å²) in [7, 11) is 0. The van der Waals surface area contributed by atoms with Gasteiger partial charge in [0.05, 0.1) is 5.69 Å². The van der Waals surface area contributed by atoms with Gasteiger partial charge in [0.2, 0.25) is 5.91 Å². The van der Waals surface area contributed by atoms with Crippen molar-refractivity contribution in [2.75, 3.05) is 11.4 Å². The van der Waals surface area contributed by atoms with E-state index in [2.05, 4.69) is 0 Å². The van der Waals surface area contributed by atoms with E-state index in [1.54, 1.807) is 0 Å². The number of halogens is 3. The van der Waals surface area contributed by atoms with Crippen molar-refractivity contribution in [1.82, 2.24) is 0 Å². The van der Waals surface area contributed by atoms with E-state index in [9.17, 15) is 18.4 Å². The van der Waals surface area contributed by atoms with Gasteiger partial charge in [-0.15, -0.1) is 0 Å². The molecular weight excluding hydrogens is 387 g/mol. The molecule has 0 N–H and O–H groups in total. The first-order valence-corrected chi connectivity index (χ1v) is 7.46. The van der Waals surface area contributed by atoms with Crippen molar-refractivity contribution in [3.63, 3.8) is 0 Å².